The highest BCUT2D eigenvalue weighted by Crippen LogP contribution is 2.53. The van der Waals surface area contributed by atoms with E-state index in [0.717, 1.165) is 24.0 Å². The molecule has 0 aromatic heterocycles. The van der Waals surface area contributed by atoms with Crippen LogP contribution in [0.1, 0.15) is 84.6 Å². The Kier molecular flexibility index (Phi) is 12.9. The molecule has 0 saturated carbocycles. The zero-order valence-corrected chi connectivity index (χ0v) is 28.3. The van der Waals surface area contributed by atoms with Gasteiger partial charge in [0.25, 0.3) is 0 Å². The van der Waals surface area contributed by atoms with Gasteiger partial charge in [-0.25, -0.2) is 16.2 Å². The molecule has 7 nitrogen and oxygen atoms in total. The molecule has 2 aliphatic rings. The van der Waals surface area contributed by atoms with Crippen LogP contribution >= 0.6 is 0 Å². The van der Waals surface area contributed by atoms with E-state index in [2.05, 4.69) is 74.7 Å². The molecule has 0 spiro atoms. The molecule has 0 aliphatic heterocycles. The molecule has 2 atom stereocenters. The van der Waals surface area contributed by atoms with Crippen LogP contribution < -0.4 is 0 Å². The number of nitrogens with zero attached hydrogens (tertiary/aromatic N) is 1. The summed E-state index contributed by atoms with van der Waals surface area (Å²) in [6, 6.07) is 16.4. The monoisotopic (exact) mass is 603 g/mol. The minimum atomic E-state index is -0.584. The highest BCUT2D eigenvalue weighted by atomic mass is 16.6. The number of esters is 3. The number of benzene rings is 2. The van der Waals surface area contributed by atoms with Crippen LogP contribution in [0.2, 0.25) is 0 Å². The lowest BCUT2D eigenvalue weighted by atomic mass is 9.76. The van der Waals surface area contributed by atoms with E-state index in [-0.39, 0.29) is 28.7 Å². The van der Waals surface area contributed by atoms with Gasteiger partial charge in [-0.15, -0.1) is 0 Å². The summed E-state index contributed by atoms with van der Waals surface area (Å²) in [5.41, 5.74) is 4.25. The number of hydrogen-bond donors (Lipinski definition) is 0. The van der Waals surface area contributed by atoms with E-state index in [9.17, 15) is 14.4 Å². The van der Waals surface area contributed by atoms with E-state index in [1.165, 1.54) is 32.2 Å². The van der Waals surface area contributed by atoms with E-state index in [0.29, 0.717) is 11.1 Å². The van der Waals surface area contributed by atoms with Crippen molar-refractivity contribution < 1.29 is 28.6 Å². The maximum Gasteiger partial charge on any atom is 0.334 e. The highest BCUT2D eigenvalue weighted by Gasteiger charge is 2.53. The van der Waals surface area contributed by atoms with Gasteiger partial charge < -0.3 is 19.1 Å². The lowest BCUT2D eigenvalue weighted by Crippen LogP contribution is -2.40. The van der Waals surface area contributed by atoms with Crippen molar-refractivity contribution in [3.05, 3.63) is 107 Å². The van der Waals surface area contributed by atoms with Crippen molar-refractivity contribution in [2.75, 3.05) is 14.2 Å². The second-order valence-electron chi connectivity index (χ2n) is 12.8. The Morgan fingerprint density at radius 1 is 0.705 bits per heavy atom. The molecular weight excluding hydrogens is 554 g/mol. The summed E-state index contributed by atoms with van der Waals surface area (Å²) >= 11 is 0. The first-order valence-corrected chi connectivity index (χ1v) is 14.5. The maximum absolute atomic E-state index is 11.9. The number of rotatable bonds is 4. The van der Waals surface area contributed by atoms with Crippen molar-refractivity contribution in [1.82, 2.24) is 0 Å². The van der Waals surface area contributed by atoms with E-state index < -0.39 is 11.2 Å². The Labute approximate surface area is 264 Å². The van der Waals surface area contributed by atoms with Gasteiger partial charge in [-0.2, -0.15) is 0 Å². The quantitative estimate of drug-likeness (QED) is 0.153. The van der Waals surface area contributed by atoms with Gasteiger partial charge in [0.15, 0.2) is 0 Å². The zero-order chi connectivity index (χ0) is 34.1. The number of carbonyl (C=O) groups excluding carboxylic acids is 3. The largest absolute Gasteiger partial charge is 0.469 e. The normalized spacial score (nSPS) is 21.0. The SMILES string of the molecule is C=C(C)C(=O)OC1(C)c2ccccc2CC1(C)C.C=C(C)C(=O)OC1(C)c2ccccc2CC1(C)C.COC(C)=O.[C-]#[N+]C. The van der Waals surface area contributed by atoms with Crippen LogP contribution in [0, 0.1) is 17.4 Å². The standard InChI is InChI=1S/2C16H20O2.C3H6O2.C2H3N/c2*1-11(2)14(17)18-16(5)13-9-7-6-8-12(13)10-15(16,3)4;1-3(4)5-2;1-3-2/h2*6-9H,1,10H2,2-5H3;1-2H3;1H3. The maximum atomic E-state index is 11.9. The topological polar surface area (TPSA) is 83.3 Å². The lowest BCUT2D eigenvalue weighted by Gasteiger charge is -2.38. The summed E-state index contributed by atoms with van der Waals surface area (Å²) in [6.07, 6.45) is 1.84. The molecule has 4 rings (SSSR count). The second kappa shape index (κ2) is 15.0. The van der Waals surface area contributed by atoms with Crippen LogP contribution in [-0.2, 0) is 52.6 Å². The van der Waals surface area contributed by atoms with E-state index >= 15 is 0 Å². The molecule has 2 aliphatic carbocycles. The molecule has 238 valence electrons. The van der Waals surface area contributed by atoms with Crippen LogP contribution in [0.15, 0.2) is 72.8 Å². The molecule has 0 heterocycles. The lowest BCUT2D eigenvalue weighted by molar-refractivity contribution is -0.167. The van der Waals surface area contributed by atoms with Crippen molar-refractivity contribution in [3.63, 3.8) is 0 Å². The average Bonchev–Trinajstić information content (AvgIpc) is 3.26. The number of methoxy groups -OCH3 is 1. The smallest absolute Gasteiger partial charge is 0.334 e. The number of fused-ring (bicyclic) bond motifs is 2. The number of carbonyl (C=O) groups is 3. The highest BCUT2D eigenvalue weighted by molar-refractivity contribution is 5.88. The fourth-order valence-electron chi connectivity index (χ4n) is 5.23. The minimum Gasteiger partial charge on any atom is -0.469 e. The molecule has 2 unspecified atom stereocenters. The Hall–Kier alpha value is -4.18. The van der Waals surface area contributed by atoms with Gasteiger partial charge in [-0.1, -0.05) is 89.4 Å². The van der Waals surface area contributed by atoms with Gasteiger partial charge in [-0.3, -0.25) is 4.79 Å². The summed E-state index contributed by atoms with van der Waals surface area (Å²) < 4.78 is 15.6. The molecule has 2 aromatic carbocycles. The first kappa shape index (κ1) is 37.8. The molecule has 0 fully saturated rings. The zero-order valence-electron chi connectivity index (χ0n) is 28.3. The van der Waals surface area contributed by atoms with Gasteiger partial charge in [0.05, 0.1) is 7.11 Å². The van der Waals surface area contributed by atoms with Gasteiger partial charge in [-0.05, 0) is 62.8 Å². The molecular formula is C37H49NO6. The van der Waals surface area contributed by atoms with Crippen molar-refractivity contribution >= 4 is 17.9 Å². The Balaban J connectivity index is 0.000000355. The molecule has 0 bridgehead atoms. The molecule has 0 radical (unpaired) electrons. The van der Waals surface area contributed by atoms with E-state index in [1.807, 2.05) is 38.1 Å². The Morgan fingerprint density at radius 2 is 0.977 bits per heavy atom. The molecule has 44 heavy (non-hydrogen) atoms. The Morgan fingerprint density at radius 3 is 1.23 bits per heavy atom. The summed E-state index contributed by atoms with van der Waals surface area (Å²) in [5.74, 6) is -0.880. The van der Waals surface area contributed by atoms with Crippen molar-refractivity contribution in [3.8, 4) is 0 Å². The van der Waals surface area contributed by atoms with Crippen LogP contribution in [0.4, 0.5) is 0 Å². The number of hydrogen-bond acceptors (Lipinski definition) is 6. The molecule has 7 heteroatoms. The third-order valence-electron chi connectivity index (χ3n) is 8.49. The fraction of sp³-hybridized carbons (Fsp3) is 0.459. The first-order chi connectivity index (χ1) is 20.2. The minimum absolute atomic E-state index is 0.109. The van der Waals surface area contributed by atoms with Gasteiger partial charge in [0.1, 0.15) is 11.2 Å². The van der Waals surface area contributed by atoms with Gasteiger partial charge in [0, 0.05) is 28.9 Å². The van der Waals surface area contributed by atoms with Crippen molar-refractivity contribution in [2.45, 2.75) is 86.4 Å². The Bertz CT molecular complexity index is 1330. The van der Waals surface area contributed by atoms with E-state index in [1.54, 1.807) is 13.8 Å². The van der Waals surface area contributed by atoms with Crippen LogP contribution in [0.5, 0.6) is 0 Å². The fourth-order valence-corrected chi connectivity index (χ4v) is 5.23. The summed E-state index contributed by atoms with van der Waals surface area (Å²) in [7, 11) is 2.77. The third kappa shape index (κ3) is 8.47. The molecule has 0 saturated heterocycles. The average molecular weight is 604 g/mol. The van der Waals surface area contributed by atoms with Crippen LogP contribution in [-0.4, -0.2) is 32.1 Å². The van der Waals surface area contributed by atoms with Crippen molar-refractivity contribution in [1.29, 1.82) is 0 Å². The first-order valence-electron chi connectivity index (χ1n) is 14.5. The predicted octanol–water partition coefficient (Wildman–Crippen LogP) is 7.92. The second-order valence-corrected chi connectivity index (χ2v) is 12.8. The summed E-state index contributed by atoms with van der Waals surface area (Å²) in [6.45, 7) is 30.4. The predicted molar refractivity (Wildman–Crippen MR) is 175 cm³/mol. The summed E-state index contributed by atoms with van der Waals surface area (Å²) in [5, 5.41) is 0. The van der Waals surface area contributed by atoms with Gasteiger partial charge in [0.2, 0.25) is 7.05 Å². The van der Waals surface area contributed by atoms with Crippen LogP contribution in [0.3, 0.4) is 0 Å². The summed E-state index contributed by atoms with van der Waals surface area (Å²) in [4.78, 5) is 36.1. The molecule has 0 amide bonds. The molecule has 0 N–H and O–H groups in total. The number of ether oxygens (including phenoxy) is 3. The van der Waals surface area contributed by atoms with E-state index in [4.69, 9.17) is 16.0 Å². The molecule has 2 aromatic rings. The third-order valence-corrected chi connectivity index (χ3v) is 8.49. The van der Waals surface area contributed by atoms with Crippen LogP contribution in [0.25, 0.3) is 4.85 Å². The van der Waals surface area contributed by atoms with Crippen molar-refractivity contribution in [2.24, 2.45) is 10.8 Å². The van der Waals surface area contributed by atoms with Gasteiger partial charge >= 0.3 is 17.9 Å².